The summed E-state index contributed by atoms with van der Waals surface area (Å²) in [5, 5.41) is 9.90. The maximum atomic E-state index is 12.1. The number of aromatic nitrogens is 2. The van der Waals surface area contributed by atoms with Gasteiger partial charge in [0, 0.05) is 0 Å². The average molecular weight is 281 g/mol. The van der Waals surface area contributed by atoms with Crippen molar-refractivity contribution in [2.24, 2.45) is 4.99 Å². The number of urea groups is 1. The second-order valence-corrected chi connectivity index (χ2v) is 3.51. The Morgan fingerprint density at radius 3 is 3.00 bits per heavy atom. The third-order valence-electron chi connectivity index (χ3n) is 1.74. The number of rotatable bonds is 3. The normalized spacial score (nSPS) is 11.7. The first-order chi connectivity index (χ1) is 9.06. The molecule has 10 heteroatoms. The predicted molar refractivity (Wildman–Crippen MR) is 74.2 cm³/mol. The summed E-state index contributed by atoms with van der Waals surface area (Å²) >= 11 is 3.68. The van der Waals surface area contributed by atoms with Gasteiger partial charge in [-0.25, -0.2) is 0 Å². The number of hydrogen-bond acceptors (Lipinski definition) is 5. The van der Waals surface area contributed by atoms with Crippen molar-refractivity contribution in [1.82, 2.24) is 15.4 Å². The zero-order valence-corrected chi connectivity index (χ0v) is 10.4. The van der Waals surface area contributed by atoms with Crippen LogP contribution in [0.25, 0.3) is 0 Å². The molecule has 0 saturated carbocycles. The van der Waals surface area contributed by atoms with Crippen LogP contribution >= 0.6 is 12.6 Å². The van der Waals surface area contributed by atoms with Gasteiger partial charge in [0.25, 0.3) is 0 Å². The van der Waals surface area contributed by atoms with E-state index in [2.05, 4.69) is 44.9 Å². The van der Waals surface area contributed by atoms with E-state index in [9.17, 15) is 14.0 Å². The van der Waals surface area contributed by atoms with E-state index in [4.69, 9.17) is 0 Å². The molecule has 1 aromatic heterocycles. The number of carbonyl (C=O) groups excluding carboxylic acids is 1. The molecular weight excluding hydrogens is 272 g/mol. The van der Waals surface area contributed by atoms with Gasteiger partial charge in [0.1, 0.15) is 0 Å². The summed E-state index contributed by atoms with van der Waals surface area (Å²) < 4.78 is 12.1. The molecule has 3 N–H and O–H groups in total. The van der Waals surface area contributed by atoms with Crippen LogP contribution in [0.1, 0.15) is 0 Å². The van der Waals surface area contributed by atoms with Crippen LogP contribution in [0.15, 0.2) is 39.8 Å². The van der Waals surface area contributed by atoms with Crippen molar-refractivity contribution in [3.8, 4) is 0 Å². The molecule has 0 radical (unpaired) electrons. The summed E-state index contributed by atoms with van der Waals surface area (Å²) in [6.45, 7) is 3.39. The second-order valence-electron chi connectivity index (χ2n) is 3.05. The van der Waals surface area contributed by atoms with E-state index in [1.165, 1.54) is 19.1 Å². The van der Waals surface area contributed by atoms with Gasteiger partial charge in [0.2, 0.25) is 0 Å². The molecule has 0 unspecified atom stereocenters. The molecule has 0 atom stereocenters. The number of carbonyl (C=O) groups is 1. The van der Waals surface area contributed by atoms with E-state index < -0.39 is 11.6 Å². The number of hydrogen-bond donors (Lipinski definition) is 4. The molecular formula is C9H9BFN5O2S. The van der Waals surface area contributed by atoms with E-state index in [1.807, 2.05) is 0 Å². The SMILES string of the molecule is C=C/C(=N\C(S)=C\F)NC(=O)Nc1cbn[nH]c1=O. The molecule has 7 nitrogen and oxygen atoms in total. The van der Waals surface area contributed by atoms with Gasteiger partial charge in [-0.15, -0.1) is 0 Å². The number of aromatic amines is 1. The van der Waals surface area contributed by atoms with Crippen molar-refractivity contribution in [2.75, 3.05) is 5.32 Å². The topological polar surface area (TPSA) is 99.2 Å². The van der Waals surface area contributed by atoms with Crippen molar-refractivity contribution >= 4 is 37.2 Å². The number of nitrogens with zero attached hydrogens (tertiary/aromatic N) is 2. The molecule has 0 aromatic carbocycles. The van der Waals surface area contributed by atoms with E-state index in [-0.39, 0.29) is 22.9 Å². The Morgan fingerprint density at radius 1 is 1.68 bits per heavy atom. The molecule has 1 rings (SSSR count). The van der Waals surface area contributed by atoms with Crippen LogP contribution in [0.3, 0.4) is 0 Å². The fourth-order valence-electron chi connectivity index (χ4n) is 0.984. The summed E-state index contributed by atoms with van der Waals surface area (Å²) in [6, 6.07) is -0.740. The number of anilines is 1. The molecule has 1 aromatic rings. The van der Waals surface area contributed by atoms with Crippen LogP contribution in [-0.2, 0) is 0 Å². The number of amides is 2. The Bertz CT molecular complexity index is 600. The van der Waals surface area contributed by atoms with E-state index in [0.717, 1.165) is 0 Å². The van der Waals surface area contributed by atoms with Gasteiger partial charge in [-0.2, -0.15) is 0 Å². The molecule has 0 aliphatic heterocycles. The number of aliphatic imine (C=N–C) groups is 1. The minimum atomic E-state index is -0.740. The van der Waals surface area contributed by atoms with E-state index >= 15 is 0 Å². The van der Waals surface area contributed by atoms with Crippen molar-refractivity contribution in [1.29, 1.82) is 0 Å². The first-order valence-corrected chi connectivity index (χ1v) is 5.33. The zero-order valence-electron chi connectivity index (χ0n) is 9.55. The standard InChI is InChI=1S/C9H9BFN5O2S/c1-2-6(13-7(19)4-11)14-9(18)12-5-3-10-16-15-8(5)17/h2-4,19H,1H2,(H,15,17)(H2,12,13,14,18)/b7-4-. The zero-order chi connectivity index (χ0) is 14.3. The second kappa shape index (κ2) is 7.26. The Kier molecular flexibility index (Phi) is 5.67. The van der Waals surface area contributed by atoms with Crippen LogP contribution in [-0.4, -0.2) is 29.0 Å². The molecule has 2 amide bonds. The van der Waals surface area contributed by atoms with Gasteiger partial charge < -0.3 is 0 Å². The Labute approximate surface area is 113 Å². The fraction of sp³-hybridized carbons (Fsp3) is 0. The molecule has 0 saturated heterocycles. The van der Waals surface area contributed by atoms with Crippen LogP contribution in [0.5, 0.6) is 0 Å². The number of amidine groups is 1. The predicted octanol–water partition coefficient (Wildman–Crippen LogP) is 0.512. The summed E-state index contributed by atoms with van der Waals surface area (Å²) in [4.78, 5) is 26.4. The average Bonchev–Trinajstić information content (AvgIpc) is 2.40. The van der Waals surface area contributed by atoms with Crippen LogP contribution in [0.2, 0.25) is 0 Å². The van der Waals surface area contributed by atoms with E-state index in [1.54, 1.807) is 0 Å². The number of nitrogens with one attached hydrogen (secondary N) is 3. The molecule has 0 spiro atoms. The summed E-state index contributed by atoms with van der Waals surface area (Å²) in [5.41, 5.74) is -0.559. The molecule has 0 aliphatic carbocycles. The third kappa shape index (κ3) is 4.88. The first-order valence-electron chi connectivity index (χ1n) is 4.89. The van der Waals surface area contributed by atoms with Gasteiger partial charge in [-0.05, 0) is 0 Å². The quantitative estimate of drug-likeness (QED) is 0.369. The van der Waals surface area contributed by atoms with Gasteiger partial charge >= 0.3 is 112 Å². The van der Waals surface area contributed by atoms with Crippen molar-refractivity contribution < 1.29 is 9.18 Å². The summed E-state index contributed by atoms with van der Waals surface area (Å²) in [7, 11) is 1.30. The van der Waals surface area contributed by atoms with Crippen LogP contribution in [0.4, 0.5) is 14.9 Å². The maximum absolute atomic E-state index is 12.1. The molecule has 98 valence electrons. The van der Waals surface area contributed by atoms with Crippen molar-refractivity contribution in [2.45, 2.75) is 0 Å². The van der Waals surface area contributed by atoms with Crippen molar-refractivity contribution in [3.05, 3.63) is 40.3 Å². The summed E-state index contributed by atoms with van der Waals surface area (Å²) in [6.07, 6.45) is 1.34. The number of halogens is 1. The molecule has 0 bridgehead atoms. The molecule has 0 aliphatic rings. The minimum absolute atomic E-state index is 0.00282. The van der Waals surface area contributed by atoms with Gasteiger partial charge in [-0.1, -0.05) is 0 Å². The number of thiol groups is 1. The first kappa shape index (κ1) is 14.8. The Balaban J connectivity index is 2.75. The summed E-state index contributed by atoms with van der Waals surface area (Å²) in [5.74, 6) is 1.29. The van der Waals surface area contributed by atoms with Crippen molar-refractivity contribution in [3.63, 3.8) is 0 Å². The Hall–Kier alpha value is -2.23. The third-order valence-corrected chi connectivity index (χ3v) is 1.94. The van der Waals surface area contributed by atoms with Gasteiger partial charge in [0.15, 0.2) is 0 Å². The van der Waals surface area contributed by atoms with Crippen LogP contribution in [0, 0.1) is 0 Å². The van der Waals surface area contributed by atoms with Crippen LogP contribution < -0.4 is 16.2 Å². The number of H-pyrrole nitrogens is 1. The molecule has 19 heavy (non-hydrogen) atoms. The van der Waals surface area contributed by atoms with Gasteiger partial charge in [0.05, 0.1) is 0 Å². The Morgan fingerprint density at radius 2 is 2.42 bits per heavy atom. The molecule has 1 heterocycles. The van der Waals surface area contributed by atoms with Gasteiger partial charge in [-0.3, -0.25) is 0 Å². The van der Waals surface area contributed by atoms with E-state index in [0.29, 0.717) is 0 Å². The monoisotopic (exact) mass is 281 g/mol. The molecule has 0 fully saturated rings. The fourth-order valence-corrected chi connectivity index (χ4v) is 1.09.